The van der Waals surface area contributed by atoms with E-state index in [-0.39, 0.29) is 5.91 Å². The van der Waals surface area contributed by atoms with Crippen molar-refractivity contribution >= 4 is 11.9 Å². The van der Waals surface area contributed by atoms with Gasteiger partial charge in [0.25, 0.3) is 0 Å². The van der Waals surface area contributed by atoms with E-state index < -0.39 is 0 Å². The summed E-state index contributed by atoms with van der Waals surface area (Å²) in [7, 11) is 1.93. The highest BCUT2D eigenvalue weighted by Gasteiger charge is 2.15. The molecule has 0 unspecified atom stereocenters. The van der Waals surface area contributed by atoms with Gasteiger partial charge in [0.05, 0.1) is 6.54 Å². The van der Waals surface area contributed by atoms with Crippen LogP contribution < -0.4 is 5.32 Å². The van der Waals surface area contributed by atoms with Gasteiger partial charge in [0, 0.05) is 33.2 Å². The molecule has 0 saturated carbocycles. The van der Waals surface area contributed by atoms with E-state index >= 15 is 0 Å². The minimum atomic E-state index is 0.149. The van der Waals surface area contributed by atoms with Gasteiger partial charge in [-0.3, -0.25) is 9.79 Å². The number of amides is 1. The van der Waals surface area contributed by atoms with Gasteiger partial charge in [-0.15, -0.1) is 0 Å². The van der Waals surface area contributed by atoms with Gasteiger partial charge in [0.15, 0.2) is 5.96 Å². The Morgan fingerprint density at radius 1 is 1.10 bits per heavy atom. The van der Waals surface area contributed by atoms with E-state index in [4.69, 9.17) is 0 Å². The molecule has 0 fully saturated rings. The molecule has 0 spiro atoms. The average Bonchev–Trinajstić information content (AvgIpc) is 2.48. The zero-order valence-corrected chi connectivity index (χ0v) is 14.8. The van der Waals surface area contributed by atoms with Crippen molar-refractivity contribution in [2.75, 3.05) is 39.8 Å². The van der Waals surface area contributed by atoms with Crippen LogP contribution in [-0.4, -0.2) is 61.4 Å². The summed E-state index contributed by atoms with van der Waals surface area (Å²) < 4.78 is 0. The Balaban J connectivity index is 4.70. The Morgan fingerprint density at radius 2 is 1.67 bits per heavy atom. The van der Waals surface area contributed by atoms with Gasteiger partial charge in [-0.05, 0) is 26.7 Å². The first kappa shape index (κ1) is 19.7. The van der Waals surface area contributed by atoms with Gasteiger partial charge in [0.1, 0.15) is 0 Å². The number of hydrogen-bond acceptors (Lipinski definition) is 2. The Morgan fingerprint density at radius 3 is 2.10 bits per heavy atom. The fourth-order valence-electron chi connectivity index (χ4n) is 2.19. The summed E-state index contributed by atoms with van der Waals surface area (Å²) in [5, 5.41) is 3.27. The monoisotopic (exact) mass is 298 g/mol. The standard InChI is InChI=1S/C16H34N4O/c1-7-14(8-2)12-18-16(17-9-3)19(6)13-15(21)20(10-4)11-5/h14H,7-13H2,1-6H3,(H,17,18). The molecule has 0 aliphatic rings. The van der Waals surface area contributed by atoms with Crippen LogP contribution in [-0.2, 0) is 4.79 Å². The highest BCUT2D eigenvalue weighted by atomic mass is 16.2. The van der Waals surface area contributed by atoms with Crippen LogP contribution in [0.25, 0.3) is 0 Å². The molecule has 1 N–H and O–H groups in total. The van der Waals surface area contributed by atoms with Crippen LogP contribution in [0.5, 0.6) is 0 Å². The number of likely N-dealkylation sites (N-methyl/N-ethyl adjacent to an activating group) is 2. The molecule has 5 heteroatoms. The maximum atomic E-state index is 12.2. The lowest BCUT2D eigenvalue weighted by atomic mass is 10.0. The number of rotatable bonds is 9. The van der Waals surface area contributed by atoms with Crippen molar-refractivity contribution in [3.05, 3.63) is 0 Å². The Labute approximate surface area is 130 Å². The zero-order chi connectivity index (χ0) is 16.3. The van der Waals surface area contributed by atoms with Crippen LogP contribution in [0.15, 0.2) is 4.99 Å². The van der Waals surface area contributed by atoms with E-state index in [0.29, 0.717) is 12.5 Å². The maximum absolute atomic E-state index is 12.2. The highest BCUT2D eigenvalue weighted by molar-refractivity contribution is 5.86. The van der Waals surface area contributed by atoms with Gasteiger partial charge in [-0.1, -0.05) is 26.7 Å². The number of hydrogen-bond donors (Lipinski definition) is 1. The molecular formula is C16H34N4O. The second-order valence-corrected chi connectivity index (χ2v) is 5.30. The van der Waals surface area contributed by atoms with Crippen molar-refractivity contribution < 1.29 is 4.79 Å². The molecular weight excluding hydrogens is 264 g/mol. The summed E-state index contributed by atoms with van der Waals surface area (Å²) in [5.41, 5.74) is 0. The van der Waals surface area contributed by atoms with Crippen LogP contribution in [0.4, 0.5) is 0 Å². The molecule has 0 saturated heterocycles. The van der Waals surface area contributed by atoms with Gasteiger partial charge < -0.3 is 15.1 Å². The third-order valence-corrected chi connectivity index (χ3v) is 3.84. The van der Waals surface area contributed by atoms with Crippen molar-refractivity contribution in [2.45, 2.75) is 47.5 Å². The van der Waals surface area contributed by atoms with Crippen molar-refractivity contribution in [1.82, 2.24) is 15.1 Å². The molecule has 0 rings (SSSR count). The lowest BCUT2D eigenvalue weighted by molar-refractivity contribution is -0.131. The molecule has 21 heavy (non-hydrogen) atoms. The maximum Gasteiger partial charge on any atom is 0.242 e. The molecule has 124 valence electrons. The summed E-state index contributed by atoms with van der Waals surface area (Å²) >= 11 is 0. The Kier molecular flexibility index (Phi) is 10.7. The number of nitrogens with one attached hydrogen (secondary N) is 1. The van der Waals surface area contributed by atoms with Crippen LogP contribution >= 0.6 is 0 Å². The largest absolute Gasteiger partial charge is 0.357 e. The van der Waals surface area contributed by atoms with E-state index in [1.165, 1.54) is 0 Å². The molecule has 0 aromatic rings. The van der Waals surface area contributed by atoms with Gasteiger partial charge in [-0.2, -0.15) is 0 Å². The Bertz CT molecular complexity index is 309. The molecule has 0 radical (unpaired) electrons. The number of guanidine groups is 1. The molecule has 5 nitrogen and oxygen atoms in total. The second kappa shape index (κ2) is 11.4. The first-order valence-electron chi connectivity index (χ1n) is 8.30. The Hall–Kier alpha value is -1.26. The lowest BCUT2D eigenvalue weighted by Crippen LogP contribution is -2.45. The third kappa shape index (κ3) is 7.34. The predicted molar refractivity (Wildman–Crippen MR) is 90.6 cm³/mol. The summed E-state index contributed by atoms with van der Waals surface area (Å²) in [6.07, 6.45) is 2.28. The smallest absolute Gasteiger partial charge is 0.242 e. The fraction of sp³-hybridized carbons (Fsp3) is 0.875. The summed E-state index contributed by atoms with van der Waals surface area (Å²) in [4.78, 5) is 20.6. The van der Waals surface area contributed by atoms with Crippen LogP contribution in [0, 0.1) is 5.92 Å². The molecule has 0 aromatic carbocycles. The molecule has 0 aromatic heterocycles. The molecule has 1 amide bonds. The first-order valence-corrected chi connectivity index (χ1v) is 8.30. The van der Waals surface area contributed by atoms with Gasteiger partial charge in [0.2, 0.25) is 5.91 Å². The van der Waals surface area contributed by atoms with Crippen molar-refractivity contribution in [3.8, 4) is 0 Å². The SMILES string of the molecule is CCNC(=NCC(CC)CC)N(C)CC(=O)N(CC)CC. The van der Waals surface area contributed by atoms with Gasteiger partial charge in [-0.25, -0.2) is 0 Å². The summed E-state index contributed by atoms with van der Waals surface area (Å²) in [6, 6.07) is 0. The number of nitrogens with zero attached hydrogens (tertiary/aromatic N) is 3. The van der Waals surface area contributed by atoms with E-state index in [9.17, 15) is 4.79 Å². The zero-order valence-electron chi connectivity index (χ0n) is 14.8. The first-order chi connectivity index (χ1) is 10.0. The molecule has 0 aliphatic carbocycles. The number of aliphatic imine (C=N–C) groups is 1. The van der Waals surface area contributed by atoms with Crippen LogP contribution in [0.1, 0.15) is 47.5 Å². The molecule has 0 aliphatic heterocycles. The third-order valence-electron chi connectivity index (χ3n) is 3.84. The van der Waals surface area contributed by atoms with Crippen molar-refractivity contribution in [1.29, 1.82) is 0 Å². The van der Waals surface area contributed by atoms with E-state index in [2.05, 4.69) is 24.2 Å². The number of carbonyl (C=O) groups is 1. The van der Waals surface area contributed by atoms with E-state index in [1.54, 1.807) is 0 Å². The minimum absolute atomic E-state index is 0.149. The predicted octanol–water partition coefficient (Wildman–Crippen LogP) is 2.19. The molecule has 0 heterocycles. The van der Waals surface area contributed by atoms with E-state index in [0.717, 1.165) is 45.0 Å². The topological polar surface area (TPSA) is 47.9 Å². The summed E-state index contributed by atoms with van der Waals surface area (Å²) in [5.74, 6) is 1.59. The van der Waals surface area contributed by atoms with Crippen molar-refractivity contribution in [3.63, 3.8) is 0 Å². The highest BCUT2D eigenvalue weighted by Crippen LogP contribution is 2.07. The number of carbonyl (C=O) groups excluding carboxylic acids is 1. The quantitative estimate of drug-likeness (QED) is 0.524. The average molecular weight is 298 g/mol. The molecule has 0 bridgehead atoms. The minimum Gasteiger partial charge on any atom is -0.357 e. The van der Waals surface area contributed by atoms with Crippen LogP contribution in [0.2, 0.25) is 0 Å². The normalized spacial score (nSPS) is 11.7. The lowest BCUT2D eigenvalue weighted by Gasteiger charge is -2.26. The second-order valence-electron chi connectivity index (χ2n) is 5.30. The molecule has 0 atom stereocenters. The van der Waals surface area contributed by atoms with Crippen molar-refractivity contribution in [2.24, 2.45) is 10.9 Å². The van der Waals surface area contributed by atoms with E-state index in [1.807, 2.05) is 37.6 Å². The van der Waals surface area contributed by atoms with Gasteiger partial charge >= 0.3 is 0 Å². The van der Waals surface area contributed by atoms with Crippen LogP contribution in [0.3, 0.4) is 0 Å². The fourth-order valence-corrected chi connectivity index (χ4v) is 2.19. The summed E-state index contributed by atoms with van der Waals surface area (Å²) in [6.45, 7) is 14.0.